The molecule has 3 aromatic heterocycles. The third-order valence-electron chi connectivity index (χ3n) is 9.19. The Bertz CT molecular complexity index is 1480. The summed E-state index contributed by atoms with van der Waals surface area (Å²) in [5, 5.41) is 14.3. The van der Waals surface area contributed by atoms with E-state index < -0.39 is 48.8 Å². The van der Waals surface area contributed by atoms with Crippen molar-refractivity contribution in [2.24, 2.45) is 11.8 Å². The maximum atomic E-state index is 14.1. The van der Waals surface area contributed by atoms with E-state index in [4.69, 9.17) is 9.51 Å². The van der Waals surface area contributed by atoms with Gasteiger partial charge in [-0.25, -0.2) is 18.3 Å². The highest BCUT2D eigenvalue weighted by Gasteiger charge is 2.40. The smallest absolute Gasteiger partial charge is 0.364 e. The highest BCUT2D eigenvalue weighted by molar-refractivity contribution is 5.95. The van der Waals surface area contributed by atoms with Gasteiger partial charge in [-0.15, -0.1) is 0 Å². The number of amides is 2. The van der Waals surface area contributed by atoms with E-state index in [9.17, 15) is 31.5 Å². The van der Waals surface area contributed by atoms with Gasteiger partial charge in [0.2, 0.25) is 11.8 Å². The normalized spacial score (nSPS) is 20.9. The van der Waals surface area contributed by atoms with Crippen LogP contribution in [0.4, 0.5) is 22.0 Å². The van der Waals surface area contributed by atoms with Crippen molar-refractivity contribution in [2.45, 2.75) is 107 Å². The molecule has 0 aliphatic heterocycles. The molecule has 6 rings (SSSR count). The predicted octanol–water partition coefficient (Wildman–Crippen LogP) is 6.58. The minimum absolute atomic E-state index is 0.0806. The molecule has 0 saturated heterocycles. The lowest BCUT2D eigenvalue weighted by Crippen LogP contribution is -2.37. The lowest BCUT2D eigenvalue weighted by molar-refractivity contribution is -0.144. The number of nitrogens with zero attached hydrogens (tertiary/aromatic N) is 4. The summed E-state index contributed by atoms with van der Waals surface area (Å²) in [6.07, 6.45) is 3.60. The summed E-state index contributed by atoms with van der Waals surface area (Å²) in [5.74, 6) is -3.94. The molecule has 3 fully saturated rings. The lowest BCUT2D eigenvalue weighted by atomic mass is 9.81. The molecular formula is C30H35F5N6O3. The van der Waals surface area contributed by atoms with Gasteiger partial charge < -0.3 is 15.2 Å². The van der Waals surface area contributed by atoms with Crippen molar-refractivity contribution in [3.63, 3.8) is 0 Å². The Kier molecular flexibility index (Phi) is 8.35. The van der Waals surface area contributed by atoms with E-state index in [-0.39, 0.29) is 43.4 Å². The molecule has 3 saturated carbocycles. The number of nitrogens with one attached hydrogen (secondary N) is 2. The molecule has 2 N–H and O–H groups in total. The maximum Gasteiger partial charge on any atom is 0.389 e. The second kappa shape index (κ2) is 12.1. The summed E-state index contributed by atoms with van der Waals surface area (Å²) in [6.45, 7) is 0. The molecule has 0 aromatic carbocycles. The van der Waals surface area contributed by atoms with Crippen molar-refractivity contribution in [3.8, 4) is 0 Å². The van der Waals surface area contributed by atoms with Gasteiger partial charge in [0.05, 0.1) is 42.3 Å². The third kappa shape index (κ3) is 7.04. The van der Waals surface area contributed by atoms with Crippen LogP contribution in [0.15, 0.2) is 29.2 Å². The first-order valence-corrected chi connectivity index (χ1v) is 15.3. The molecule has 3 heterocycles. The first-order chi connectivity index (χ1) is 21.0. The van der Waals surface area contributed by atoms with Crippen molar-refractivity contribution >= 4 is 17.5 Å². The number of halogens is 5. The van der Waals surface area contributed by atoms with E-state index >= 15 is 0 Å². The number of fused-ring (bicyclic) bond motifs is 1. The van der Waals surface area contributed by atoms with Gasteiger partial charge in [-0.3, -0.25) is 9.59 Å². The zero-order valence-electron chi connectivity index (χ0n) is 24.1. The number of hydrogen-bond donors (Lipinski definition) is 2. The zero-order valence-corrected chi connectivity index (χ0v) is 24.1. The van der Waals surface area contributed by atoms with Crippen LogP contribution < -0.4 is 10.6 Å². The van der Waals surface area contributed by atoms with Crippen LogP contribution in [0.2, 0.25) is 0 Å². The summed E-state index contributed by atoms with van der Waals surface area (Å²) >= 11 is 0. The van der Waals surface area contributed by atoms with Gasteiger partial charge in [-0.1, -0.05) is 18.0 Å². The van der Waals surface area contributed by atoms with E-state index in [0.717, 1.165) is 38.5 Å². The monoisotopic (exact) mass is 622 g/mol. The average Bonchev–Trinajstić information content (AvgIpc) is 3.34. The summed E-state index contributed by atoms with van der Waals surface area (Å²) in [7, 11) is 0. The fourth-order valence-corrected chi connectivity index (χ4v) is 6.59. The summed E-state index contributed by atoms with van der Waals surface area (Å²) < 4.78 is 72.8. The van der Waals surface area contributed by atoms with Crippen molar-refractivity contribution in [3.05, 3.63) is 47.2 Å². The second-order valence-electron chi connectivity index (χ2n) is 12.5. The topological polar surface area (TPSA) is 114 Å². The van der Waals surface area contributed by atoms with Gasteiger partial charge in [0.15, 0.2) is 5.65 Å². The first kappa shape index (κ1) is 30.4. The Morgan fingerprint density at radius 2 is 1.73 bits per heavy atom. The van der Waals surface area contributed by atoms with Gasteiger partial charge in [0.1, 0.15) is 11.8 Å². The molecule has 3 aliphatic carbocycles. The number of hydrogen-bond acceptors (Lipinski definition) is 6. The zero-order chi connectivity index (χ0) is 31.1. The fraction of sp³-hybridized carbons (Fsp3) is 0.633. The maximum absolute atomic E-state index is 14.1. The largest absolute Gasteiger partial charge is 0.389 e. The highest BCUT2D eigenvalue weighted by Crippen LogP contribution is 2.43. The Hall–Kier alpha value is -3.58. The Morgan fingerprint density at radius 3 is 2.41 bits per heavy atom. The van der Waals surface area contributed by atoms with E-state index in [1.807, 2.05) is 0 Å². The van der Waals surface area contributed by atoms with Crippen LogP contribution in [-0.4, -0.2) is 43.7 Å². The number of imidazole rings is 1. The SMILES string of the molecule is O=C(CCC(F)(F)F)NC(c1cnn2cc([C@@H](NC(=O)c3conc3C3CCCC3)C3CCC(F)(F)CC3)nc2c1)C1CC1. The minimum atomic E-state index is -4.43. The molecule has 3 aromatic rings. The third-order valence-corrected chi connectivity index (χ3v) is 9.19. The highest BCUT2D eigenvalue weighted by atomic mass is 19.4. The molecule has 238 valence electrons. The van der Waals surface area contributed by atoms with E-state index in [2.05, 4.69) is 20.9 Å². The number of carbonyl (C=O) groups excluding carboxylic acids is 2. The minimum Gasteiger partial charge on any atom is -0.364 e. The number of carbonyl (C=O) groups is 2. The van der Waals surface area contributed by atoms with Crippen LogP contribution in [0, 0.1) is 11.8 Å². The Morgan fingerprint density at radius 1 is 1.02 bits per heavy atom. The standard InChI is InChI=1S/C30H35F5N6O3/c31-29(32)10-7-19(8-11-29)27(39-28(43)21-16-44-40-26(21)17-3-1-2-4-17)22-15-41-23(37-22)13-20(14-36-41)25(18-5-6-18)38-24(42)9-12-30(33,34)35/h13-19,25,27H,1-12H2,(H,38,42)(H,39,43)/t25?,27-/m0/s1. The summed E-state index contributed by atoms with van der Waals surface area (Å²) in [5.41, 5.74) is 2.42. The molecule has 2 amide bonds. The molecule has 3 aliphatic rings. The van der Waals surface area contributed by atoms with Gasteiger partial charge in [-0.05, 0) is 62.0 Å². The van der Waals surface area contributed by atoms with Crippen molar-refractivity contribution in [1.82, 2.24) is 30.4 Å². The van der Waals surface area contributed by atoms with Crippen molar-refractivity contribution in [2.75, 3.05) is 0 Å². The fourth-order valence-electron chi connectivity index (χ4n) is 6.59. The number of rotatable bonds is 10. The van der Waals surface area contributed by atoms with Gasteiger partial charge >= 0.3 is 6.18 Å². The van der Waals surface area contributed by atoms with Crippen LogP contribution in [-0.2, 0) is 4.79 Å². The Balaban J connectivity index is 1.25. The van der Waals surface area contributed by atoms with Crippen LogP contribution in [0.1, 0.15) is 122 Å². The Labute approximate surface area is 250 Å². The molecule has 0 bridgehead atoms. The van der Waals surface area contributed by atoms with E-state index in [0.29, 0.717) is 28.2 Å². The summed E-state index contributed by atoms with van der Waals surface area (Å²) in [6, 6.07) is 0.527. The summed E-state index contributed by atoms with van der Waals surface area (Å²) in [4.78, 5) is 30.6. The first-order valence-electron chi connectivity index (χ1n) is 15.3. The van der Waals surface area contributed by atoms with E-state index in [1.165, 1.54) is 10.8 Å². The van der Waals surface area contributed by atoms with Crippen molar-refractivity contribution < 1.29 is 36.1 Å². The van der Waals surface area contributed by atoms with Gasteiger partial charge in [0, 0.05) is 25.2 Å². The predicted molar refractivity (Wildman–Crippen MR) is 147 cm³/mol. The van der Waals surface area contributed by atoms with Crippen LogP contribution >= 0.6 is 0 Å². The average molecular weight is 623 g/mol. The van der Waals surface area contributed by atoms with E-state index in [1.54, 1.807) is 18.5 Å². The van der Waals surface area contributed by atoms with Gasteiger partial charge in [0.25, 0.3) is 5.91 Å². The van der Waals surface area contributed by atoms with Crippen LogP contribution in [0.3, 0.4) is 0 Å². The molecule has 1 unspecified atom stereocenters. The number of aromatic nitrogens is 4. The molecule has 44 heavy (non-hydrogen) atoms. The van der Waals surface area contributed by atoms with Crippen molar-refractivity contribution in [1.29, 1.82) is 0 Å². The molecule has 0 radical (unpaired) electrons. The number of alkyl halides is 5. The van der Waals surface area contributed by atoms with Crippen LogP contribution in [0.5, 0.6) is 0 Å². The second-order valence-corrected chi connectivity index (χ2v) is 12.5. The molecule has 2 atom stereocenters. The quantitative estimate of drug-likeness (QED) is 0.247. The molecule has 14 heteroatoms. The molecule has 0 spiro atoms. The van der Waals surface area contributed by atoms with Crippen LogP contribution in [0.25, 0.3) is 5.65 Å². The van der Waals surface area contributed by atoms with Gasteiger partial charge in [-0.2, -0.15) is 18.3 Å². The molecule has 9 nitrogen and oxygen atoms in total. The molecular weight excluding hydrogens is 587 g/mol. The lowest BCUT2D eigenvalue weighted by Gasteiger charge is -2.33.